The zero-order valence-corrected chi connectivity index (χ0v) is 17.9. The van der Waals surface area contributed by atoms with E-state index >= 15 is 0 Å². The van der Waals surface area contributed by atoms with Crippen molar-refractivity contribution >= 4 is 67.2 Å². The minimum atomic E-state index is -0.338. The molecule has 0 aromatic heterocycles. The van der Waals surface area contributed by atoms with Gasteiger partial charge in [0.2, 0.25) is 0 Å². The van der Waals surface area contributed by atoms with Gasteiger partial charge in [0.25, 0.3) is 11.8 Å². The number of nitrogens with zero attached hydrogens (tertiary/aromatic N) is 1. The fourth-order valence-electron chi connectivity index (χ4n) is 3.74. The van der Waals surface area contributed by atoms with E-state index in [1.165, 1.54) is 4.90 Å². The summed E-state index contributed by atoms with van der Waals surface area (Å²) >= 11 is 9.67. The van der Waals surface area contributed by atoms with Crippen molar-refractivity contribution in [3.63, 3.8) is 0 Å². The molecular weight excluding hydrogens is 464 g/mol. The molecule has 1 heterocycles. The smallest absolute Gasteiger partial charge is 0.265 e. The van der Waals surface area contributed by atoms with E-state index in [0.717, 1.165) is 21.2 Å². The highest BCUT2D eigenvalue weighted by Gasteiger charge is 2.34. The van der Waals surface area contributed by atoms with Crippen LogP contribution in [-0.2, 0) is 0 Å². The Kier molecular flexibility index (Phi) is 4.57. The largest absolute Gasteiger partial charge is 0.354 e. The Hall–Kier alpha value is -3.15. The molecule has 0 bridgehead atoms. The highest BCUT2D eigenvalue weighted by Crippen LogP contribution is 2.38. The Morgan fingerprint density at radius 2 is 1.43 bits per heavy atom. The first-order valence-corrected chi connectivity index (χ1v) is 10.4. The predicted octanol–water partition coefficient (Wildman–Crippen LogP) is 6.80. The molecule has 2 amide bonds. The van der Waals surface area contributed by atoms with Crippen molar-refractivity contribution in [2.75, 3.05) is 10.2 Å². The van der Waals surface area contributed by atoms with Crippen LogP contribution in [0.4, 0.5) is 17.1 Å². The number of para-hydroxylation sites is 1. The quantitative estimate of drug-likeness (QED) is 0.330. The second-order valence-electron chi connectivity index (χ2n) is 6.92. The van der Waals surface area contributed by atoms with Gasteiger partial charge in [0.15, 0.2) is 0 Å². The van der Waals surface area contributed by atoms with Crippen LogP contribution < -0.4 is 10.2 Å². The van der Waals surface area contributed by atoms with Crippen LogP contribution in [0.5, 0.6) is 0 Å². The molecule has 0 unspecified atom stereocenters. The van der Waals surface area contributed by atoms with Crippen molar-refractivity contribution in [2.24, 2.45) is 0 Å². The van der Waals surface area contributed by atoms with Crippen molar-refractivity contribution in [1.82, 2.24) is 0 Å². The van der Waals surface area contributed by atoms with Crippen molar-refractivity contribution in [3.8, 4) is 0 Å². The number of hydrogen-bond acceptors (Lipinski definition) is 3. The van der Waals surface area contributed by atoms with Crippen LogP contribution in [-0.4, -0.2) is 11.8 Å². The number of carbonyl (C=O) groups excluding carboxylic acids is 2. The normalized spacial score (nSPS) is 13.1. The maximum atomic E-state index is 13.3. The van der Waals surface area contributed by atoms with Gasteiger partial charge in [-0.2, -0.15) is 0 Å². The maximum Gasteiger partial charge on any atom is 0.265 e. The first kappa shape index (κ1) is 18.9. The van der Waals surface area contributed by atoms with Gasteiger partial charge >= 0.3 is 0 Å². The Labute approximate surface area is 186 Å². The molecule has 4 aromatic rings. The number of carbonyl (C=O) groups is 2. The SMILES string of the molecule is O=C1c2cccc3c(Nc4ccccc4Cl)ccc(c23)C(=O)N1c1ccc(Br)cc1. The number of rotatable bonds is 3. The predicted molar refractivity (Wildman–Crippen MR) is 124 cm³/mol. The summed E-state index contributed by atoms with van der Waals surface area (Å²) in [6, 6.07) is 23.6. The third-order valence-electron chi connectivity index (χ3n) is 5.14. The molecule has 30 heavy (non-hydrogen) atoms. The minimum Gasteiger partial charge on any atom is -0.354 e. The molecular formula is C24H14BrClN2O2. The van der Waals surface area contributed by atoms with Crippen molar-refractivity contribution in [1.29, 1.82) is 0 Å². The molecule has 0 atom stereocenters. The molecule has 4 aromatic carbocycles. The third kappa shape index (κ3) is 2.98. The average molecular weight is 478 g/mol. The van der Waals surface area contributed by atoms with Gasteiger partial charge in [-0.15, -0.1) is 0 Å². The standard InChI is InChI=1S/C24H14BrClN2O2/c25-14-8-10-15(11-9-14)28-23(29)17-5-3-4-16-20(13-12-18(22(16)17)24(28)30)27-21-7-2-1-6-19(21)26/h1-13,27H. The van der Waals surface area contributed by atoms with Crippen LogP contribution in [0.2, 0.25) is 5.02 Å². The Morgan fingerprint density at radius 3 is 2.17 bits per heavy atom. The Bertz CT molecular complexity index is 1310. The summed E-state index contributed by atoms with van der Waals surface area (Å²) in [7, 11) is 0. The van der Waals surface area contributed by atoms with Gasteiger partial charge < -0.3 is 5.32 Å². The number of nitrogens with one attached hydrogen (secondary N) is 1. The van der Waals surface area contributed by atoms with Crippen LogP contribution in [0.1, 0.15) is 20.7 Å². The fourth-order valence-corrected chi connectivity index (χ4v) is 4.18. The van der Waals surface area contributed by atoms with Crippen LogP contribution in [0.15, 0.2) is 83.3 Å². The van der Waals surface area contributed by atoms with E-state index in [9.17, 15) is 9.59 Å². The molecule has 0 saturated heterocycles. The molecule has 146 valence electrons. The lowest BCUT2D eigenvalue weighted by atomic mass is 9.92. The summed E-state index contributed by atoms with van der Waals surface area (Å²) in [5.41, 5.74) is 3.06. The third-order valence-corrected chi connectivity index (χ3v) is 5.99. The average Bonchev–Trinajstić information content (AvgIpc) is 2.75. The minimum absolute atomic E-state index is 0.338. The zero-order chi connectivity index (χ0) is 20.8. The van der Waals surface area contributed by atoms with E-state index in [2.05, 4.69) is 21.2 Å². The van der Waals surface area contributed by atoms with Crippen molar-refractivity contribution < 1.29 is 9.59 Å². The van der Waals surface area contributed by atoms with Crippen LogP contribution >= 0.6 is 27.5 Å². The summed E-state index contributed by atoms with van der Waals surface area (Å²) in [5.74, 6) is -0.675. The molecule has 1 aliphatic heterocycles. The molecule has 0 aliphatic carbocycles. The van der Waals surface area contributed by atoms with E-state index in [1.54, 1.807) is 30.3 Å². The molecule has 4 nitrogen and oxygen atoms in total. The second kappa shape index (κ2) is 7.27. The van der Waals surface area contributed by atoms with E-state index in [-0.39, 0.29) is 11.8 Å². The first-order chi connectivity index (χ1) is 14.5. The molecule has 1 aliphatic rings. The van der Waals surface area contributed by atoms with Crippen molar-refractivity contribution in [3.05, 3.63) is 99.5 Å². The number of hydrogen-bond donors (Lipinski definition) is 1. The summed E-state index contributed by atoms with van der Waals surface area (Å²) in [5, 5.41) is 5.36. The first-order valence-electron chi connectivity index (χ1n) is 9.26. The Morgan fingerprint density at radius 1 is 0.733 bits per heavy atom. The maximum absolute atomic E-state index is 13.3. The van der Waals surface area contributed by atoms with Crippen LogP contribution in [0.25, 0.3) is 10.8 Å². The van der Waals surface area contributed by atoms with Gasteiger partial charge in [-0.1, -0.05) is 51.8 Å². The van der Waals surface area contributed by atoms with Crippen LogP contribution in [0.3, 0.4) is 0 Å². The topological polar surface area (TPSA) is 49.4 Å². The highest BCUT2D eigenvalue weighted by molar-refractivity contribution is 9.10. The molecule has 0 fully saturated rings. The van der Waals surface area contributed by atoms with Crippen LogP contribution in [0, 0.1) is 0 Å². The van der Waals surface area contributed by atoms with E-state index < -0.39 is 0 Å². The van der Waals surface area contributed by atoms with E-state index in [0.29, 0.717) is 27.2 Å². The highest BCUT2D eigenvalue weighted by atomic mass is 79.9. The van der Waals surface area contributed by atoms with Gasteiger partial charge in [-0.3, -0.25) is 9.59 Å². The summed E-state index contributed by atoms with van der Waals surface area (Å²) < 4.78 is 0.876. The summed E-state index contributed by atoms with van der Waals surface area (Å²) in [6.45, 7) is 0. The van der Waals surface area contributed by atoms with E-state index in [4.69, 9.17) is 11.6 Å². The van der Waals surface area contributed by atoms with Gasteiger partial charge in [0.05, 0.1) is 16.4 Å². The fraction of sp³-hybridized carbons (Fsp3) is 0. The number of benzene rings is 4. The monoisotopic (exact) mass is 476 g/mol. The van der Waals surface area contributed by atoms with Gasteiger partial charge in [0, 0.05) is 32.1 Å². The number of amides is 2. The lowest BCUT2D eigenvalue weighted by Gasteiger charge is -2.28. The number of anilines is 3. The Balaban J connectivity index is 1.66. The van der Waals surface area contributed by atoms with Gasteiger partial charge in [-0.25, -0.2) is 4.90 Å². The van der Waals surface area contributed by atoms with Crippen molar-refractivity contribution in [2.45, 2.75) is 0 Å². The summed E-state index contributed by atoms with van der Waals surface area (Å²) in [4.78, 5) is 27.8. The summed E-state index contributed by atoms with van der Waals surface area (Å²) in [6.07, 6.45) is 0. The molecule has 6 heteroatoms. The molecule has 1 N–H and O–H groups in total. The molecule has 0 spiro atoms. The van der Waals surface area contributed by atoms with Gasteiger partial charge in [-0.05, 0) is 54.6 Å². The number of imide groups is 1. The van der Waals surface area contributed by atoms with E-state index in [1.807, 2.05) is 48.5 Å². The number of halogens is 2. The zero-order valence-electron chi connectivity index (χ0n) is 15.5. The lowest BCUT2D eigenvalue weighted by Crippen LogP contribution is -2.40. The van der Waals surface area contributed by atoms with Gasteiger partial charge in [0.1, 0.15) is 0 Å². The molecule has 0 saturated carbocycles. The lowest BCUT2D eigenvalue weighted by molar-refractivity contribution is 0.0893. The molecule has 5 rings (SSSR count). The second-order valence-corrected chi connectivity index (χ2v) is 8.24. The molecule has 0 radical (unpaired) electrons.